The van der Waals surface area contributed by atoms with Gasteiger partial charge in [-0.25, -0.2) is 9.78 Å². The van der Waals surface area contributed by atoms with Crippen molar-refractivity contribution in [3.63, 3.8) is 0 Å². The molecule has 21 heavy (non-hydrogen) atoms. The van der Waals surface area contributed by atoms with Gasteiger partial charge in [0.15, 0.2) is 5.69 Å². The minimum Gasteiger partial charge on any atom is -0.476 e. The third kappa shape index (κ3) is 3.60. The van der Waals surface area contributed by atoms with Crippen LogP contribution in [0.3, 0.4) is 0 Å². The Bertz CT molecular complexity index is 719. The van der Waals surface area contributed by atoms with E-state index in [1.807, 2.05) is 0 Å². The first-order valence-electron chi connectivity index (χ1n) is 5.43. The lowest BCUT2D eigenvalue weighted by Gasteiger charge is -2.07. The Hall–Kier alpha value is -1.90. The van der Waals surface area contributed by atoms with Crippen LogP contribution in [-0.4, -0.2) is 21.0 Å². The number of rotatable bonds is 5. The molecule has 7 nitrogen and oxygen atoms in total. The summed E-state index contributed by atoms with van der Waals surface area (Å²) in [6, 6.07) is 2.49. The summed E-state index contributed by atoms with van der Waals surface area (Å²) in [7, 11) is 0. The predicted octanol–water partition coefficient (Wildman–Crippen LogP) is 3.67. The van der Waals surface area contributed by atoms with E-state index in [9.17, 15) is 14.9 Å². The van der Waals surface area contributed by atoms with Crippen molar-refractivity contribution in [1.29, 1.82) is 0 Å². The second kappa shape index (κ2) is 6.25. The lowest BCUT2D eigenvalue weighted by atomic mass is 10.2. The van der Waals surface area contributed by atoms with Gasteiger partial charge in [0.25, 0.3) is 5.69 Å². The fraction of sp³-hybridized carbons (Fsp3) is 0.0909. The molecule has 0 fully saturated rings. The Labute approximate surface area is 132 Å². The third-order valence-electron chi connectivity index (χ3n) is 2.44. The topological polar surface area (TPSA) is 105 Å². The van der Waals surface area contributed by atoms with Gasteiger partial charge in [0.2, 0.25) is 0 Å². The van der Waals surface area contributed by atoms with E-state index in [-0.39, 0.29) is 33.7 Å². The lowest BCUT2D eigenvalue weighted by molar-refractivity contribution is -0.383. The summed E-state index contributed by atoms with van der Waals surface area (Å²) in [6.45, 7) is 0.136. The van der Waals surface area contributed by atoms with Crippen molar-refractivity contribution in [1.82, 2.24) is 4.98 Å². The first-order valence-corrected chi connectivity index (χ1v) is 7.07. The van der Waals surface area contributed by atoms with Crippen LogP contribution in [0.25, 0.3) is 0 Å². The van der Waals surface area contributed by atoms with Crippen LogP contribution in [0.2, 0.25) is 10.0 Å². The molecule has 1 aromatic carbocycles. The van der Waals surface area contributed by atoms with Gasteiger partial charge >= 0.3 is 5.97 Å². The van der Waals surface area contributed by atoms with E-state index in [1.54, 1.807) is 0 Å². The molecule has 0 bridgehead atoms. The number of hydrogen-bond acceptors (Lipinski definition) is 6. The van der Waals surface area contributed by atoms with E-state index < -0.39 is 10.9 Å². The normalized spacial score (nSPS) is 10.4. The van der Waals surface area contributed by atoms with Crippen LogP contribution < -0.4 is 5.32 Å². The van der Waals surface area contributed by atoms with Crippen molar-refractivity contribution < 1.29 is 14.8 Å². The number of halogens is 2. The molecular weight excluding hydrogens is 341 g/mol. The minimum atomic E-state index is -1.13. The maximum Gasteiger partial charge on any atom is 0.355 e. The number of carboxylic acids is 1. The number of aromatic carboxylic acids is 1. The molecule has 0 radical (unpaired) electrons. The highest BCUT2D eigenvalue weighted by Crippen LogP contribution is 2.34. The van der Waals surface area contributed by atoms with Crippen LogP contribution in [0.1, 0.15) is 15.5 Å². The lowest BCUT2D eigenvalue weighted by Crippen LogP contribution is -2.04. The molecule has 110 valence electrons. The van der Waals surface area contributed by atoms with Crippen molar-refractivity contribution in [2.75, 3.05) is 5.32 Å². The van der Waals surface area contributed by atoms with Gasteiger partial charge in [-0.05, 0) is 6.07 Å². The van der Waals surface area contributed by atoms with E-state index in [4.69, 9.17) is 28.3 Å². The second-order valence-electron chi connectivity index (χ2n) is 3.83. The third-order valence-corrected chi connectivity index (χ3v) is 4.01. The number of nitrogens with one attached hydrogen (secondary N) is 1. The highest BCUT2D eigenvalue weighted by molar-refractivity contribution is 7.09. The zero-order valence-corrected chi connectivity index (χ0v) is 12.5. The van der Waals surface area contributed by atoms with E-state index in [1.165, 1.54) is 11.4 Å². The van der Waals surface area contributed by atoms with Crippen molar-refractivity contribution >= 4 is 51.9 Å². The Balaban J connectivity index is 2.20. The van der Waals surface area contributed by atoms with Gasteiger partial charge in [-0.2, -0.15) is 0 Å². The van der Waals surface area contributed by atoms with Crippen molar-refractivity contribution in [3.8, 4) is 0 Å². The van der Waals surface area contributed by atoms with Crippen LogP contribution in [0.4, 0.5) is 11.4 Å². The summed E-state index contributed by atoms with van der Waals surface area (Å²) in [5, 5.41) is 24.7. The number of thiazole rings is 1. The van der Waals surface area contributed by atoms with Crippen LogP contribution in [0, 0.1) is 10.1 Å². The van der Waals surface area contributed by atoms with Gasteiger partial charge in [0.05, 0.1) is 21.5 Å². The molecule has 0 aliphatic rings. The smallest absolute Gasteiger partial charge is 0.355 e. The average molecular weight is 348 g/mol. The summed E-state index contributed by atoms with van der Waals surface area (Å²) < 4.78 is 0. The van der Waals surface area contributed by atoms with Crippen LogP contribution in [0.5, 0.6) is 0 Å². The quantitative estimate of drug-likeness (QED) is 0.631. The molecule has 1 heterocycles. The largest absolute Gasteiger partial charge is 0.476 e. The van der Waals surface area contributed by atoms with Gasteiger partial charge in [0.1, 0.15) is 10.7 Å². The number of carboxylic acid groups (broad SMARTS) is 1. The zero-order chi connectivity index (χ0) is 15.6. The Morgan fingerprint density at radius 3 is 2.67 bits per heavy atom. The molecule has 0 aliphatic heterocycles. The number of benzene rings is 1. The summed E-state index contributed by atoms with van der Waals surface area (Å²) >= 11 is 12.7. The molecule has 0 amide bonds. The van der Waals surface area contributed by atoms with Gasteiger partial charge in [0, 0.05) is 11.4 Å². The molecule has 1 aromatic heterocycles. The van der Waals surface area contributed by atoms with Gasteiger partial charge < -0.3 is 10.4 Å². The minimum absolute atomic E-state index is 0.0690. The van der Waals surface area contributed by atoms with Crippen molar-refractivity contribution in [2.45, 2.75) is 6.54 Å². The molecule has 2 rings (SSSR count). The standard InChI is InChI=1S/C11H7Cl2N3O4S/c12-5-1-7(9(16(19)20)2-6(5)13)14-3-10-15-8(4-21-10)11(17)18/h1-2,4,14H,3H2,(H,17,18). The molecule has 0 saturated carbocycles. The van der Waals surface area contributed by atoms with Gasteiger partial charge in [-0.3, -0.25) is 10.1 Å². The van der Waals surface area contributed by atoms with Crippen LogP contribution in [-0.2, 0) is 6.54 Å². The molecule has 0 unspecified atom stereocenters. The number of carbonyl (C=O) groups is 1. The van der Waals surface area contributed by atoms with E-state index >= 15 is 0 Å². The average Bonchev–Trinajstić information content (AvgIpc) is 2.88. The molecule has 0 spiro atoms. The van der Waals surface area contributed by atoms with E-state index in [0.29, 0.717) is 5.01 Å². The molecule has 0 aliphatic carbocycles. The first kappa shape index (κ1) is 15.5. The fourth-order valence-electron chi connectivity index (χ4n) is 1.49. The predicted molar refractivity (Wildman–Crippen MR) is 79.5 cm³/mol. The van der Waals surface area contributed by atoms with Crippen LogP contribution in [0.15, 0.2) is 17.5 Å². The van der Waals surface area contributed by atoms with Gasteiger partial charge in [-0.15, -0.1) is 11.3 Å². The van der Waals surface area contributed by atoms with Crippen molar-refractivity contribution in [3.05, 3.63) is 48.4 Å². The zero-order valence-electron chi connectivity index (χ0n) is 10.2. The first-order chi connectivity index (χ1) is 9.88. The molecule has 2 N–H and O–H groups in total. The highest BCUT2D eigenvalue weighted by atomic mass is 35.5. The summed E-state index contributed by atoms with van der Waals surface area (Å²) in [4.78, 5) is 25.0. The molecule has 10 heteroatoms. The Morgan fingerprint density at radius 1 is 1.43 bits per heavy atom. The SMILES string of the molecule is O=C(O)c1csc(CNc2cc(Cl)c(Cl)cc2[N+](=O)[O-])n1. The Kier molecular flexibility index (Phi) is 4.61. The van der Waals surface area contributed by atoms with Gasteiger partial charge in [-0.1, -0.05) is 23.2 Å². The fourth-order valence-corrected chi connectivity index (χ4v) is 2.52. The monoisotopic (exact) mass is 347 g/mol. The molecule has 0 saturated heterocycles. The number of nitro benzene ring substituents is 1. The number of anilines is 1. The second-order valence-corrected chi connectivity index (χ2v) is 5.58. The van der Waals surface area contributed by atoms with E-state index in [2.05, 4.69) is 10.3 Å². The molecule has 0 atom stereocenters. The number of nitrogens with zero attached hydrogens (tertiary/aromatic N) is 2. The Morgan fingerprint density at radius 2 is 2.10 bits per heavy atom. The molecule has 2 aromatic rings. The maximum absolute atomic E-state index is 11.0. The van der Waals surface area contributed by atoms with Crippen molar-refractivity contribution in [2.24, 2.45) is 0 Å². The number of aromatic nitrogens is 1. The number of hydrogen-bond donors (Lipinski definition) is 2. The van der Waals surface area contributed by atoms with Crippen LogP contribution >= 0.6 is 34.5 Å². The van der Waals surface area contributed by atoms with E-state index in [0.717, 1.165) is 17.4 Å². The molecular formula is C11H7Cl2N3O4S. The maximum atomic E-state index is 11.0. The summed E-state index contributed by atoms with van der Waals surface area (Å²) in [5.41, 5.74) is -0.110. The highest BCUT2D eigenvalue weighted by Gasteiger charge is 2.17. The summed E-state index contributed by atoms with van der Waals surface area (Å²) in [6.07, 6.45) is 0. The summed E-state index contributed by atoms with van der Waals surface area (Å²) in [5.74, 6) is -1.13. The number of nitro groups is 1.